The Balaban J connectivity index is 1.98. The van der Waals surface area contributed by atoms with E-state index in [1.54, 1.807) is 13.1 Å². The van der Waals surface area contributed by atoms with Gasteiger partial charge in [-0.05, 0) is 36.7 Å². The van der Waals surface area contributed by atoms with Gasteiger partial charge >= 0.3 is 0 Å². The van der Waals surface area contributed by atoms with Gasteiger partial charge in [0.2, 0.25) is 5.91 Å². The van der Waals surface area contributed by atoms with Crippen LogP contribution in [0.1, 0.15) is 56.2 Å². The first-order chi connectivity index (χ1) is 11.3. The summed E-state index contributed by atoms with van der Waals surface area (Å²) in [6.45, 7) is 7.89. The third kappa shape index (κ3) is 5.28. The molecule has 1 aliphatic rings. The first kappa shape index (κ1) is 18.4. The number of aromatic nitrogens is 2. The van der Waals surface area contributed by atoms with Gasteiger partial charge in [0.1, 0.15) is 12.0 Å². The molecule has 6 heteroatoms. The highest BCUT2D eigenvalue weighted by Crippen LogP contribution is 2.24. The summed E-state index contributed by atoms with van der Waals surface area (Å²) in [7, 11) is 1.59. The molecule has 1 saturated heterocycles. The van der Waals surface area contributed by atoms with Crippen molar-refractivity contribution < 1.29 is 9.59 Å². The van der Waals surface area contributed by atoms with E-state index >= 15 is 0 Å². The van der Waals surface area contributed by atoms with Crippen molar-refractivity contribution in [2.24, 2.45) is 11.3 Å². The molecule has 1 aromatic rings. The summed E-state index contributed by atoms with van der Waals surface area (Å²) >= 11 is 0. The Morgan fingerprint density at radius 3 is 2.75 bits per heavy atom. The van der Waals surface area contributed by atoms with Crippen molar-refractivity contribution in [1.82, 2.24) is 20.2 Å². The third-order valence-corrected chi connectivity index (χ3v) is 4.23. The monoisotopic (exact) mass is 332 g/mol. The summed E-state index contributed by atoms with van der Waals surface area (Å²) in [4.78, 5) is 34.4. The van der Waals surface area contributed by atoms with Crippen LogP contribution < -0.4 is 5.32 Å². The zero-order valence-corrected chi connectivity index (χ0v) is 15.1. The standard InChI is InChI=1S/C18H28N4O2/c1-18(2,3)10-16(23)22-7-5-6-13(11-22)8-14-9-15(17(24)19-4)21-12-20-14/h9,12-13H,5-8,10-11H2,1-4H3,(H,19,24). The molecule has 1 unspecified atom stereocenters. The maximum atomic E-state index is 12.4. The van der Waals surface area contributed by atoms with E-state index in [1.807, 2.05) is 4.90 Å². The quantitative estimate of drug-likeness (QED) is 0.916. The number of nitrogens with one attached hydrogen (secondary N) is 1. The lowest BCUT2D eigenvalue weighted by Crippen LogP contribution is -2.41. The van der Waals surface area contributed by atoms with E-state index in [9.17, 15) is 9.59 Å². The number of rotatable bonds is 4. The van der Waals surface area contributed by atoms with Crippen molar-refractivity contribution in [3.05, 3.63) is 23.8 Å². The molecule has 0 spiro atoms. The molecule has 6 nitrogen and oxygen atoms in total. The lowest BCUT2D eigenvalue weighted by atomic mass is 9.89. The van der Waals surface area contributed by atoms with E-state index in [0.29, 0.717) is 18.0 Å². The molecule has 2 heterocycles. The van der Waals surface area contributed by atoms with Crippen LogP contribution in [0, 0.1) is 11.3 Å². The Morgan fingerprint density at radius 2 is 2.08 bits per heavy atom. The molecular formula is C18H28N4O2. The minimum atomic E-state index is -0.204. The van der Waals surface area contributed by atoms with Crippen LogP contribution in [0.25, 0.3) is 0 Å². The maximum absolute atomic E-state index is 12.4. The molecule has 1 fully saturated rings. The minimum absolute atomic E-state index is 0.0130. The highest BCUT2D eigenvalue weighted by atomic mass is 16.2. The van der Waals surface area contributed by atoms with Gasteiger partial charge in [-0.2, -0.15) is 0 Å². The molecule has 1 aliphatic heterocycles. The maximum Gasteiger partial charge on any atom is 0.269 e. The Morgan fingerprint density at radius 1 is 1.33 bits per heavy atom. The van der Waals surface area contributed by atoms with Crippen LogP contribution in [0.2, 0.25) is 0 Å². The number of carbonyl (C=O) groups excluding carboxylic acids is 2. The molecule has 24 heavy (non-hydrogen) atoms. The number of piperidine rings is 1. The third-order valence-electron chi connectivity index (χ3n) is 4.23. The second-order valence-corrected chi connectivity index (χ2v) is 7.76. The normalized spacial score (nSPS) is 18.3. The molecule has 2 amide bonds. The minimum Gasteiger partial charge on any atom is -0.354 e. The molecule has 1 N–H and O–H groups in total. The SMILES string of the molecule is CNC(=O)c1cc(CC2CCCN(C(=O)CC(C)(C)C)C2)ncn1. The first-order valence-corrected chi connectivity index (χ1v) is 8.59. The van der Waals surface area contributed by atoms with Gasteiger partial charge in [-0.3, -0.25) is 9.59 Å². The van der Waals surface area contributed by atoms with E-state index < -0.39 is 0 Å². The Kier molecular flexibility index (Phi) is 5.91. The van der Waals surface area contributed by atoms with E-state index in [2.05, 4.69) is 36.1 Å². The molecule has 132 valence electrons. The number of nitrogens with zero attached hydrogens (tertiary/aromatic N) is 3. The summed E-state index contributed by atoms with van der Waals surface area (Å²) in [6, 6.07) is 1.74. The summed E-state index contributed by atoms with van der Waals surface area (Å²) in [5.74, 6) is 0.417. The van der Waals surface area contributed by atoms with Crippen LogP contribution >= 0.6 is 0 Å². The van der Waals surface area contributed by atoms with Crippen LogP contribution in [0.3, 0.4) is 0 Å². The highest BCUT2D eigenvalue weighted by Gasteiger charge is 2.27. The second kappa shape index (κ2) is 7.73. The van der Waals surface area contributed by atoms with Gasteiger partial charge in [0.05, 0.1) is 0 Å². The predicted octanol–water partition coefficient (Wildman–Crippen LogP) is 2.05. The summed E-state index contributed by atoms with van der Waals surface area (Å²) in [5.41, 5.74) is 1.26. The van der Waals surface area contributed by atoms with Crippen LogP contribution in [-0.4, -0.2) is 46.8 Å². The molecule has 1 aromatic heterocycles. The van der Waals surface area contributed by atoms with Gasteiger partial charge < -0.3 is 10.2 Å². The zero-order valence-electron chi connectivity index (χ0n) is 15.1. The highest BCUT2D eigenvalue weighted by molar-refractivity contribution is 5.91. The second-order valence-electron chi connectivity index (χ2n) is 7.76. The molecular weight excluding hydrogens is 304 g/mol. The average molecular weight is 332 g/mol. The van der Waals surface area contributed by atoms with Crippen molar-refractivity contribution in [1.29, 1.82) is 0 Å². The number of carbonyl (C=O) groups is 2. The number of hydrogen-bond acceptors (Lipinski definition) is 4. The number of amides is 2. The van der Waals surface area contributed by atoms with E-state index in [-0.39, 0.29) is 17.2 Å². The summed E-state index contributed by atoms with van der Waals surface area (Å²) in [5, 5.41) is 2.57. The van der Waals surface area contributed by atoms with Gasteiger partial charge in [-0.1, -0.05) is 20.8 Å². The van der Waals surface area contributed by atoms with Crippen molar-refractivity contribution in [3.63, 3.8) is 0 Å². The van der Waals surface area contributed by atoms with Gasteiger partial charge in [-0.25, -0.2) is 9.97 Å². The Labute approximate surface area is 144 Å². The van der Waals surface area contributed by atoms with E-state index in [0.717, 1.165) is 38.0 Å². The summed E-state index contributed by atoms with van der Waals surface area (Å²) in [6.07, 6.45) is 4.89. The van der Waals surface area contributed by atoms with Gasteiger partial charge in [0.25, 0.3) is 5.91 Å². The molecule has 0 aliphatic carbocycles. The zero-order chi connectivity index (χ0) is 17.7. The van der Waals surface area contributed by atoms with Gasteiger partial charge in [0, 0.05) is 32.3 Å². The largest absolute Gasteiger partial charge is 0.354 e. The van der Waals surface area contributed by atoms with Gasteiger partial charge in [0.15, 0.2) is 0 Å². The molecule has 0 aromatic carbocycles. The fourth-order valence-corrected chi connectivity index (χ4v) is 3.08. The van der Waals surface area contributed by atoms with Crippen molar-refractivity contribution in [2.45, 2.75) is 46.5 Å². The van der Waals surface area contributed by atoms with Gasteiger partial charge in [-0.15, -0.1) is 0 Å². The molecule has 0 saturated carbocycles. The molecule has 1 atom stereocenters. The van der Waals surface area contributed by atoms with Crippen LogP contribution in [0.15, 0.2) is 12.4 Å². The van der Waals surface area contributed by atoms with Crippen molar-refractivity contribution in [2.75, 3.05) is 20.1 Å². The topological polar surface area (TPSA) is 75.2 Å². The fraction of sp³-hybridized carbons (Fsp3) is 0.667. The van der Waals surface area contributed by atoms with Crippen LogP contribution in [-0.2, 0) is 11.2 Å². The number of hydrogen-bond donors (Lipinski definition) is 1. The Bertz CT molecular complexity index is 595. The van der Waals surface area contributed by atoms with Crippen molar-refractivity contribution in [3.8, 4) is 0 Å². The van der Waals surface area contributed by atoms with E-state index in [4.69, 9.17) is 0 Å². The van der Waals surface area contributed by atoms with Crippen molar-refractivity contribution >= 4 is 11.8 Å². The smallest absolute Gasteiger partial charge is 0.269 e. The lowest BCUT2D eigenvalue weighted by molar-refractivity contribution is -0.134. The predicted molar refractivity (Wildman–Crippen MR) is 92.5 cm³/mol. The lowest BCUT2D eigenvalue weighted by Gasteiger charge is -2.34. The molecule has 0 radical (unpaired) electrons. The fourth-order valence-electron chi connectivity index (χ4n) is 3.08. The molecule has 2 rings (SSSR count). The first-order valence-electron chi connectivity index (χ1n) is 8.59. The Hall–Kier alpha value is -1.98. The van der Waals surface area contributed by atoms with Crippen LogP contribution in [0.5, 0.6) is 0 Å². The molecule has 0 bridgehead atoms. The van der Waals surface area contributed by atoms with Crippen LogP contribution in [0.4, 0.5) is 0 Å². The summed E-state index contributed by atoms with van der Waals surface area (Å²) < 4.78 is 0. The average Bonchev–Trinajstić information content (AvgIpc) is 2.53. The number of likely N-dealkylation sites (tertiary alicyclic amines) is 1. The van der Waals surface area contributed by atoms with E-state index in [1.165, 1.54) is 6.33 Å².